The molecule has 3 aliphatic rings. The quantitative estimate of drug-likeness (QED) is 0.867. The van der Waals surface area contributed by atoms with Crippen molar-refractivity contribution >= 4 is 5.91 Å². The summed E-state index contributed by atoms with van der Waals surface area (Å²) in [4.78, 5) is 14.6. The molecular weight excluding hydrogens is 300 g/mol. The van der Waals surface area contributed by atoms with Crippen LogP contribution in [-0.2, 0) is 0 Å². The molecule has 1 aliphatic carbocycles. The highest BCUT2D eigenvalue weighted by Gasteiger charge is 2.49. The van der Waals surface area contributed by atoms with Crippen molar-refractivity contribution in [1.29, 1.82) is 0 Å². The number of benzene rings is 1. The van der Waals surface area contributed by atoms with E-state index in [0.29, 0.717) is 24.0 Å². The van der Waals surface area contributed by atoms with E-state index in [9.17, 15) is 4.79 Å². The summed E-state index contributed by atoms with van der Waals surface area (Å²) in [6.45, 7) is 2.53. The lowest BCUT2D eigenvalue weighted by molar-refractivity contribution is -0.971. The van der Waals surface area contributed by atoms with Gasteiger partial charge in [-0.1, -0.05) is 12.1 Å². The van der Waals surface area contributed by atoms with Crippen molar-refractivity contribution in [2.24, 2.45) is 0 Å². The van der Waals surface area contributed by atoms with Crippen molar-refractivity contribution in [3.63, 3.8) is 0 Å². The maximum atomic E-state index is 12.8. The van der Waals surface area contributed by atoms with Gasteiger partial charge in [0.1, 0.15) is 5.75 Å². The molecule has 4 atom stereocenters. The number of hydrogen-bond donors (Lipinski definition) is 2. The largest absolute Gasteiger partial charge is 0.493 e. The van der Waals surface area contributed by atoms with E-state index in [1.165, 1.54) is 32.1 Å². The third-order valence-electron chi connectivity index (χ3n) is 6.00. The number of hydrogen-bond acceptors (Lipinski definition) is 2. The van der Waals surface area contributed by atoms with Crippen molar-refractivity contribution < 1.29 is 14.4 Å². The molecule has 130 valence electrons. The Balaban J connectivity index is 1.43. The minimum Gasteiger partial charge on any atom is -0.493 e. The van der Waals surface area contributed by atoms with Crippen LogP contribution in [0.25, 0.3) is 0 Å². The van der Waals surface area contributed by atoms with E-state index in [1.54, 1.807) is 0 Å². The van der Waals surface area contributed by atoms with Gasteiger partial charge in [-0.05, 0) is 38.3 Å². The van der Waals surface area contributed by atoms with Crippen molar-refractivity contribution in [3.05, 3.63) is 29.8 Å². The van der Waals surface area contributed by atoms with Crippen LogP contribution < -0.4 is 15.0 Å². The van der Waals surface area contributed by atoms with Crippen LogP contribution in [0.4, 0.5) is 0 Å². The maximum Gasteiger partial charge on any atom is 0.255 e. The first-order valence-corrected chi connectivity index (χ1v) is 9.65. The number of ether oxygens (including phenoxy) is 1. The van der Waals surface area contributed by atoms with Gasteiger partial charge in [0.05, 0.1) is 30.3 Å². The van der Waals surface area contributed by atoms with Crippen LogP contribution in [0, 0.1) is 0 Å². The number of para-hydroxylation sites is 1. The van der Waals surface area contributed by atoms with Gasteiger partial charge in [0.2, 0.25) is 0 Å². The summed E-state index contributed by atoms with van der Waals surface area (Å²) in [5.74, 6) is 0.718. The standard InChI is InChI=1S/C20H28N2O2/c1-2-24-19-9-4-3-8-18(19)20(23)21-14-12-16-6-5-7-17(13-14)22(16)15-10-11-15/h3-4,8-9,14-17H,2,5-7,10-13H2,1H3,(H,21,23)/p+1/t14?,16-,17+. The fourth-order valence-corrected chi connectivity index (χ4v) is 4.97. The van der Waals surface area contributed by atoms with E-state index in [0.717, 1.165) is 31.0 Å². The fourth-order valence-electron chi connectivity index (χ4n) is 4.97. The minimum absolute atomic E-state index is 0.0250. The molecule has 1 aromatic carbocycles. The average molecular weight is 329 g/mol. The summed E-state index contributed by atoms with van der Waals surface area (Å²) in [5, 5.41) is 3.31. The second-order valence-corrected chi connectivity index (χ2v) is 7.67. The first-order chi connectivity index (χ1) is 11.8. The molecule has 0 spiro atoms. The molecule has 0 radical (unpaired) electrons. The zero-order chi connectivity index (χ0) is 16.5. The molecule has 1 aromatic rings. The van der Waals surface area contributed by atoms with Gasteiger partial charge < -0.3 is 15.0 Å². The highest BCUT2D eigenvalue weighted by molar-refractivity contribution is 5.97. The van der Waals surface area contributed by atoms with Gasteiger partial charge in [-0.2, -0.15) is 0 Å². The van der Waals surface area contributed by atoms with E-state index in [1.807, 2.05) is 36.1 Å². The minimum atomic E-state index is 0.0250. The number of fused-ring (bicyclic) bond motifs is 2. The Morgan fingerprint density at radius 3 is 2.50 bits per heavy atom. The summed E-state index contributed by atoms with van der Waals surface area (Å²) in [6.07, 6.45) is 9.17. The molecule has 1 saturated carbocycles. The maximum absolute atomic E-state index is 12.8. The summed E-state index contributed by atoms with van der Waals surface area (Å²) in [7, 11) is 0. The number of nitrogens with one attached hydrogen (secondary N) is 2. The van der Waals surface area contributed by atoms with Crippen molar-refractivity contribution in [2.75, 3.05) is 6.61 Å². The van der Waals surface area contributed by atoms with Gasteiger partial charge in [0.25, 0.3) is 5.91 Å². The molecule has 2 saturated heterocycles. The molecule has 4 nitrogen and oxygen atoms in total. The van der Waals surface area contributed by atoms with E-state index >= 15 is 0 Å². The number of piperidine rings is 2. The highest BCUT2D eigenvalue weighted by atomic mass is 16.5. The molecule has 2 heterocycles. The molecule has 3 fully saturated rings. The van der Waals surface area contributed by atoms with Gasteiger partial charge in [0.15, 0.2) is 0 Å². The van der Waals surface area contributed by atoms with Crippen LogP contribution >= 0.6 is 0 Å². The molecule has 0 aromatic heterocycles. The van der Waals surface area contributed by atoms with Crippen LogP contribution in [0.1, 0.15) is 62.2 Å². The van der Waals surface area contributed by atoms with E-state index in [-0.39, 0.29) is 5.91 Å². The average Bonchev–Trinajstić information content (AvgIpc) is 3.39. The van der Waals surface area contributed by atoms with Gasteiger partial charge in [0, 0.05) is 31.7 Å². The smallest absolute Gasteiger partial charge is 0.255 e. The number of rotatable bonds is 5. The third kappa shape index (κ3) is 3.16. The molecule has 2 unspecified atom stereocenters. The first kappa shape index (κ1) is 15.9. The van der Waals surface area contributed by atoms with Crippen LogP contribution in [-0.4, -0.2) is 36.7 Å². The van der Waals surface area contributed by atoms with Gasteiger partial charge in [-0.15, -0.1) is 0 Å². The fraction of sp³-hybridized carbons (Fsp3) is 0.650. The van der Waals surface area contributed by atoms with Crippen molar-refractivity contribution in [1.82, 2.24) is 5.32 Å². The number of carbonyl (C=O) groups excluding carboxylic acids is 1. The lowest BCUT2D eigenvalue weighted by atomic mass is 9.81. The van der Waals surface area contributed by atoms with Crippen molar-refractivity contribution in [3.8, 4) is 5.75 Å². The van der Waals surface area contributed by atoms with Crippen LogP contribution in [0.5, 0.6) is 5.75 Å². The van der Waals surface area contributed by atoms with Crippen LogP contribution in [0.2, 0.25) is 0 Å². The Kier molecular flexibility index (Phi) is 4.49. The van der Waals surface area contributed by atoms with Gasteiger partial charge >= 0.3 is 0 Å². The van der Waals surface area contributed by atoms with E-state index in [2.05, 4.69) is 5.32 Å². The number of quaternary nitrogens is 1. The summed E-state index contributed by atoms with van der Waals surface area (Å²) in [6, 6.07) is 10.4. The van der Waals surface area contributed by atoms with Crippen LogP contribution in [0.15, 0.2) is 24.3 Å². The molecule has 4 rings (SSSR count). The zero-order valence-corrected chi connectivity index (χ0v) is 14.6. The predicted molar refractivity (Wildman–Crippen MR) is 93.5 cm³/mol. The Hall–Kier alpha value is -1.55. The molecule has 2 N–H and O–H groups in total. The molecule has 1 amide bonds. The summed E-state index contributed by atoms with van der Waals surface area (Å²) in [5.41, 5.74) is 0.668. The van der Waals surface area contributed by atoms with E-state index in [4.69, 9.17) is 4.74 Å². The Morgan fingerprint density at radius 1 is 1.12 bits per heavy atom. The molecule has 24 heavy (non-hydrogen) atoms. The van der Waals surface area contributed by atoms with Gasteiger partial charge in [-0.3, -0.25) is 4.79 Å². The second-order valence-electron chi connectivity index (χ2n) is 7.67. The topological polar surface area (TPSA) is 42.8 Å². The molecular formula is C20H29N2O2+. The van der Waals surface area contributed by atoms with E-state index < -0.39 is 0 Å². The lowest BCUT2D eigenvalue weighted by Crippen LogP contribution is -3.22. The molecule has 2 aliphatic heterocycles. The Morgan fingerprint density at radius 2 is 1.83 bits per heavy atom. The third-order valence-corrected chi connectivity index (χ3v) is 6.00. The van der Waals surface area contributed by atoms with Crippen molar-refractivity contribution in [2.45, 2.75) is 76.0 Å². The zero-order valence-electron chi connectivity index (χ0n) is 14.6. The molecule has 2 bridgehead atoms. The predicted octanol–water partition coefficient (Wildman–Crippen LogP) is 1.95. The van der Waals surface area contributed by atoms with Gasteiger partial charge in [-0.25, -0.2) is 0 Å². The monoisotopic (exact) mass is 329 g/mol. The first-order valence-electron chi connectivity index (χ1n) is 9.65. The Bertz CT molecular complexity index is 585. The highest BCUT2D eigenvalue weighted by Crippen LogP contribution is 2.28. The number of carbonyl (C=O) groups is 1. The van der Waals surface area contributed by atoms with Crippen LogP contribution in [0.3, 0.4) is 0 Å². The normalized spacial score (nSPS) is 32.2. The number of amides is 1. The SMILES string of the molecule is CCOc1ccccc1C(=O)NC1C[C@H]2CCC[C@@H](C1)[NH+]2C1CC1. The Labute approximate surface area is 144 Å². The summed E-state index contributed by atoms with van der Waals surface area (Å²) < 4.78 is 5.61. The lowest BCUT2D eigenvalue weighted by Gasteiger charge is -2.46. The second kappa shape index (κ2) is 6.75. The summed E-state index contributed by atoms with van der Waals surface area (Å²) >= 11 is 0. The molecule has 4 heteroatoms.